The van der Waals surface area contributed by atoms with Crippen LogP contribution in [0.2, 0.25) is 0 Å². The molecule has 0 aliphatic carbocycles. The van der Waals surface area contributed by atoms with Gasteiger partial charge in [-0.2, -0.15) is 0 Å². The van der Waals surface area contributed by atoms with Gasteiger partial charge in [-0.1, -0.05) is 13.0 Å². The van der Waals surface area contributed by atoms with Crippen molar-refractivity contribution in [3.8, 4) is 0 Å². The summed E-state index contributed by atoms with van der Waals surface area (Å²) in [4.78, 5) is 33.3. The molecule has 1 aliphatic rings. The fourth-order valence-corrected chi connectivity index (χ4v) is 3.07. The first-order valence-electron chi connectivity index (χ1n) is 9.04. The van der Waals surface area contributed by atoms with Crippen molar-refractivity contribution in [2.45, 2.75) is 6.92 Å². The SMILES string of the molecule is CCN1CCN(c2cc(C(=O)Nc3cccc(C(=O)OC)c3)ccn2)CC1. The highest BCUT2D eigenvalue weighted by molar-refractivity contribution is 6.05. The molecule has 1 fully saturated rings. The van der Waals surface area contributed by atoms with Crippen LogP contribution in [0, 0.1) is 0 Å². The summed E-state index contributed by atoms with van der Waals surface area (Å²) in [6.45, 7) is 6.99. The molecular weight excluding hydrogens is 344 g/mol. The Hall–Kier alpha value is -2.93. The van der Waals surface area contributed by atoms with E-state index in [1.807, 2.05) is 0 Å². The highest BCUT2D eigenvalue weighted by Crippen LogP contribution is 2.17. The zero-order valence-corrected chi connectivity index (χ0v) is 15.6. The van der Waals surface area contributed by atoms with Crippen molar-refractivity contribution in [2.75, 3.05) is 50.1 Å². The standard InChI is InChI=1S/C20H24N4O3/c1-3-23-9-11-24(12-10-23)18-14-15(7-8-21-18)19(25)22-17-6-4-5-16(13-17)20(26)27-2/h4-8,13-14H,3,9-12H2,1-2H3,(H,22,25). The minimum absolute atomic E-state index is 0.243. The number of amides is 1. The predicted molar refractivity (Wildman–Crippen MR) is 104 cm³/mol. The van der Waals surface area contributed by atoms with Gasteiger partial charge in [-0.25, -0.2) is 9.78 Å². The average molecular weight is 368 g/mol. The highest BCUT2D eigenvalue weighted by atomic mass is 16.5. The van der Waals surface area contributed by atoms with E-state index in [9.17, 15) is 9.59 Å². The van der Waals surface area contributed by atoms with Crippen molar-refractivity contribution in [3.05, 3.63) is 53.7 Å². The summed E-state index contributed by atoms with van der Waals surface area (Å²) in [7, 11) is 1.33. The Morgan fingerprint density at radius 1 is 1.11 bits per heavy atom. The molecule has 0 radical (unpaired) electrons. The number of hydrogen-bond acceptors (Lipinski definition) is 6. The zero-order chi connectivity index (χ0) is 19.2. The quantitative estimate of drug-likeness (QED) is 0.816. The smallest absolute Gasteiger partial charge is 0.337 e. The number of esters is 1. The van der Waals surface area contributed by atoms with Crippen molar-refractivity contribution >= 4 is 23.4 Å². The molecule has 2 heterocycles. The van der Waals surface area contributed by atoms with Gasteiger partial charge in [0, 0.05) is 43.6 Å². The molecule has 7 heteroatoms. The summed E-state index contributed by atoms with van der Waals surface area (Å²) in [6.07, 6.45) is 1.65. The van der Waals surface area contributed by atoms with E-state index in [1.165, 1.54) is 7.11 Å². The number of rotatable bonds is 5. The third kappa shape index (κ3) is 4.62. The maximum Gasteiger partial charge on any atom is 0.337 e. The van der Waals surface area contributed by atoms with Crippen molar-refractivity contribution in [1.82, 2.24) is 9.88 Å². The van der Waals surface area contributed by atoms with Crippen LogP contribution in [0.4, 0.5) is 11.5 Å². The van der Waals surface area contributed by atoms with Crippen LogP contribution < -0.4 is 10.2 Å². The predicted octanol–water partition coefficient (Wildman–Crippen LogP) is 2.26. The molecule has 142 valence electrons. The maximum atomic E-state index is 12.6. The number of likely N-dealkylation sites (N-methyl/N-ethyl adjacent to an activating group) is 1. The average Bonchev–Trinajstić information content (AvgIpc) is 2.73. The molecule has 1 aliphatic heterocycles. The molecule has 1 N–H and O–H groups in total. The Labute approximate surface area is 158 Å². The number of hydrogen-bond donors (Lipinski definition) is 1. The Morgan fingerprint density at radius 2 is 1.89 bits per heavy atom. The fraction of sp³-hybridized carbons (Fsp3) is 0.350. The molecular formula is C20H24N4O3. The van der Waals surface area contributed by atoms with E-state index in [-0.39, 0.29) is 5.91 Å². The Bertz CT molecular complexity index is 816. The van der Waals surface area contributed by atoms with Gasteiger partial charge in [0.1, 0.15) is 5.82 Å². The van der Waals surface area contributed by atoms with Crippen molar-refractivity contribution in [1.29, 1.82) is 0 Å². The third-order valence-electron chi connectivity index (χ3n) is 4.69. The van der Waals surface area contributed by atoms with Gasteiger partial charge in [-0.3, -0.25) is 4.79 Å². The van der Waals surface area contributed by atoms with Crippen LogP contribution in [0.25, 0.3) is 0 Å². The molecule has 1 amide bonds. The van der Waals surface area contributed by atoms with E-state index < -0.39 is 5.97 Å². The molecule has 0 spiro atoms. The molecule has 0 bridgehead atoms. The Balaban J connectivity index is 1.70. The first kappa shape index (κ1) is 18.8. The number of methoxy groups -OCH3 is 1. The minimum Gasteiger partial charge on any atom is -0.465 e. The summed E-state index contributed by atoms with van der Waals surface area (Å²) >= 11 is 0. The molecule has 0 atom stereocenters. The number of piperazine rings is 1. The van der Waals surface area contributed by atoms with E-state index in [4.69, 9.17) is 4.74 Å². The van der Waals surface area contributed by atoms with E-state index in [0.717, 1.165) is 38.5 Å². The topological polar surface area (TPSA) is 74.8 Å². The molecule has 0 saturated carbocycles. The number of carbonyl (C=O) groups is 2. The van der Waals surface area contributed by atoms with Crippen molar-refractivity contribution in [3.63, 3.8) is 0 Å². The van der Waals surface area contributed by atoms with Gasteiger partial charge in [0.2, 0.25) is 0 Å². The summed E-state index contributed by atoms with van der Waals surface area (Å²) in [5, 5.41) is 2.82. The highest BCUT2D eigenvalue weighted by Gasteiger charge is 2.18. The number of benzene rings is 1. The van der Waals surface area contributed by atoms with E-state index in [2.05, 4.69) is 27.0 Å². The first-order chi connectivity index (χ1) is 13.1. The second-order valence-electron chi connectivity index (χ2n) is 6.35. The monoisotopic (exact) mass is 368 g/mol. The van der Waals surface area contributed by atoms with E-state index in [1.54, 1.807) is 42.6 Å². The van der Waals surface area contributed by atoms with Crippen LogP contribution in [-0.2, 0) is 4.74 Å². The van der Waals surface area contributed by atoms with Crippen LogP contribution in [-0.4, -0.2) is 61.6 Å². The second-order valence-corrected chi connectivity index (χ2v) is 6.35. The van der Waals surface area contributed by atoms with Gasteiger partial charge in [0.05, 0.1) is 12.7 Å². The number of ether oxygens (including phenoxy) is 1. The van der Waals surface area contributed by atoms with E-state index in [0.29, 0.717) is 16.8 Å². The van der Waals surface area contributed by atoms with Gasteiger partial charge in [0.15, 0.2) is 0 Å². The second kappa shape index (κ2) is 8.64. The Kier molecular flexibility index (Phi) is 6.03. The number of nitrogens with zero attached hydrogens (tertiary/aromatic N) is 3. The van der Waals surface area contributed by atoms with Gasteiger partial charge in [-0.05, 0) is 36.9 Å². The minimum atomic E-state index is -0.441. The maximum absolute atomic E-state index is 12.6. The number of nitrogens with one attached hydrogen (secondary N) is 1. The van der Waals surface area contributed by atoms with Crippen LogP contribution in [0.15, 0.2) is 42.6 Å². The molecule has 0 unspecified atom stereocenters. The zero-order valence-electron chi connectivity index (χ0n) is 15.6. The number of anilines is 2. The lowest BCUT2D eigenvalue weighted by molar-refractivity contribution is 0.0600. The Morgan fingerprint density at radius 3 is 2.59 bits per heavy atom. The van der Waals surface area contributed by atoms with Gasteiger partial charge in [0.25, 0.3) is 5.91 Å². The summed E-state index contributed by atoms with van der Waals surface area (Å²) in [5.41, 5.74) is 1.46. The molecule has 27 heavy (non-hydrogen) atoms. The lowest BCUT2D eigenvalue weighted by Gasteiger charge is -2.34. The number of aromatic nitrogens is 1. The van der Waals surface area contributed by atoms with Crippen LogP contribution in [0.3, 0.4) is 0 Å². The lowest BCUT2D eigenvalue weighted by Crippen LogP contribution is -2.46. The molecule has 7 nitrogen and oxygen atoms in total. The van der Waals surface area contributed by atoms with Crippen molar-refractivity contribution < 1.29 is 14.3 Å². The first-order valence-corrected chi connectivity index (χ1v) is 9.04. The largest absolute Gasteiger partial charge is 0.465 e. The number of pyridine rings is 1. The third-order valence-corrected chi connectivity index (χ3v) is 4.69. The van der Waals surface area contributed by atoms with Gasteiger partial charge in [-0.15, -0.1) is 0 Å². The number of carbonyl (C=O) groups excluding carboxylic acids is 2. The molecule has 1 aromatic carbocycles. The summed E-state index contributed by atoms with van der Waals surface area (Å²) in [6, 6.07) is 10.2. The van der Waals surface area contributed by atoms with Gasteiger partial charge >= 0.3 is 5.97 Å². The molecule has 2 aromatic rings. The fourth-order valence-electron chi connectivity index (χ4n) is 3.07. The normalized spacial score (nSPS) is 14.7. The van der Waals surface area contributed by atoms with Crippen LogP contribution in [0.5, 0.6) is 0 Å². The van der Waals surface area contributed by atoms with Crippen LogP contribution in [0.1, 0.15) is 27.6 Å². The van der Waals surface area contributed by atoms with E-state index >= 15 is 0 Å². The van der Waals surface area contributed by atoms with Gasteiger partial charge < -0.3 is 19.9 Å². The molecule has 3 rings (SSSR count). The molecule has 1 aromatic heterocycles. The summed E-state index contributed by atoms with van der Waals surface area (Å²) < 4.78 is 4.71. The van der Waals surface area contributed by atoms with Crippen molar-refractivity contribution in [2.24, 2.45) is 0 Å². The lowest BCUT2D eigenvalue weighted by atomic mass is 10.2. The van der Waals surface area contributed by atoms with Crippen LogP contribution >= 0.6 is 0 Å². The molecule has 1 saturated heterocycles. The summed E-state index contributed by atoms with van der Waals surface area (Å²) in [5.74, 6) is 0.123.